The van der Waals surface area contributed by atoms with E-state index in [0.717, 1.165) is 4.57 Å². The molecule has 0 N–H and O–H groups in total. The molecule has 7 heteroatoms. The Labute approximate surface area is 84.7 Å². The summed E-state index contributed by atoms with van der Waals surface area (Å²) in [6.07, 6.45) is -3.85. The smallest absolute Gasteiger partial charge is 0.310 e. The fraction of sp³-hybridized carbons (Fsp3) is 0.714. The molecule has 14 heavy (non-hydrogen) atoms. The molecule has 0 aromatic carbocycles. The zero-order valence-corrected chi connectivity index (χ0v) is 8.60. The zero-order valence-electron chi connectivity index (χ0n) is 7.71. The normalized spacial score (nSPS) is 14.4. The third-order valence-corrected chi connectivity index (χ3v) is 2.44. The Morgan fingerprint density at radius 2 is 2.00 bits per heavy atom. The van der Waals surface area contributed by atoms with Crippen LogP contribution >= 0.6 is 12.6 Å². The van der Waals surface area contributed by atoms with Gasteiger partial charge in [-0.05, 0) is 6.42 Å². The van der Waals surface area contributed by atoms with Crippen molar-refractivity contribution in [1.82, 2.24) is 14.8 Å². The van der Waals surface area contributed by atoms with E-state index in [0.29, 0.717) is 6.42 Å². The minimum absolute atomic E-state index is 0.239. The van der Waals surface area contributed by atoms with Gasteiger partial charge in [0, 0.05) is 7.05 Å². The second-order valence-corrected chi connectivity index (χ2v) is 3.49. The predicted octanol–water partition coefficient (Wildman–Crippen LogP) is 2.21. The van der Waals surface area contributed by atoms with Crippen molar-refractivity contribution in [3.63, 3.8) is 0 Å². The first kappa shape index (κ1) is 11.4. The van der Waals surface area contributed by atoms with Crippen molar-refractivity contribution in [2.45, 2.75) is 24.8 Å². The predicted molar refractivity (Wildman–Crippen MR) is 48.0 cm³/mol. The van der Waals surface area contributed by atoms with Gasteiger partial charge in [-0.1, -0.05) is 6.92 Å². The highest BCUT2D eigenvalue weighted by molar-refractivity contribution is 7.80. The minimum atomic E-state index is -4.46. The minimum Gasteiger partial charge on any atom is -0.310 e. The lowest BCUT2D eigenvalue weighted by Gasteiger charge is -2.09. The molecule has 0 fully saturated rings. The molecule has 0 radical (unpaired) electrons. The van der Waals surface area contributed by atoms with Crippen LogP contribution in [0.1, 0.15) is 30.2 Å². The highest BCUT2D eigenvalue weighted by Gasteiger charge is 2.37. The lowest BCUT2D eigenvalue weighted by molar-refractivity contribution is -0.147. The topological polar surface area (TPSA) is 30.7 Å². The van der Waals surface area contributed by atoms with Crippen LogP contribution in [-0.2, 0) is 13.2 Å². The van der Waals surface area contributed by atoms with Gasteiger partial charge in [0.05, 0.1) is 5.25 Å². The van der Waals surface area contributed by atoms with E-state index in [4.69, 9.17) is 0 Å². The van der Waals surface area contributed by atoms with Crippen LogP contribution in [0.5, 0.6) is 0 Å². The lowest BCUT2D eigenvalue weighted by Crippen LogP contribution is -2.14. The summed E-state index contributed by atoms with van der Waals surface area (Å²) >= 11 is 4.11. The molecule has 0 aliphatic carbocycles. The summed E-state index contributed by atoms with van der Waals surface area (Å²) < 4.78 is 37.8. The number of hydrogen-bond donors (Lipinski definition) is 1. The molecule has 3 nitrogen and oxygen atoms in total. The first-order valence-electron chi connectivity index (χ1n) is 4.02. The fourth-order valence-corrected chi connectivity index (χ4v) is 1.29. The van der Waals surface area contributed by atoms with Crippen LogP contribution in [0.15, 0.2) is 0 Å². The molecule has 0 saturated carbocycles. The van der Waals surface area contributed by atoms with Gasteiger partial charge in [-0.2, -0.15) is 25.8 Å². The van der Waals surface area contributed by atoms with Crippen LogP contribution < -0.4 is 0 Å². The Bertz CT molecular complexity index is 320. The summed E-state index contributed by atoms with van der Waals surface area (Å²) in [5.41, 5.74) is 0. The van der Waals surface area contributed by atoms with E-state index in [-0.39, 0.29) is 11.1 Å². The van der Waals surface area contributed by atoms with E-state index < -0.39 is 12.0 Å². The average Bonchev–Trinajstić information content (AvgIpc) is 2.45. The van der Waals surface area contributed by atoms with Gasteiger partial charge in [-0.15, -0.1) is 10.2 Å². The molecule has 0 aliphatic heterocycles. The summed E-state index contributed by atoms with van der Waals surface area (Å²) in [7, 11) is 1.29. The van der Waals surface area contributed by atoms with Crippen molar-refractivity contribution in [1.29, 1.82) is 0 Å². The molecule has 1 unspecified atom stereocenters. The van der Waals surface area contributed by atoms with Crippen LogP contribution in [0.25, 0.3) is 0 Å². The molecule has 0 saturated heterocycles. The molecule has 0 amide bonds. The molecule has 1 aromatic heterocycles. The van der Waals surface area contributed by atoms with Crippen LogP contribution in [0, 0.1) is 0 Å². The second-order valence-electron chi connectivity index (χ2n) is 2.86. The van der Waals surface area contributed by atoms with E-state index in [1.165, 1.54) is 7.05 Å². The van der Waals surface area contributed by atoms with Gasteiger partial charge in [-0.25, -0.2) is 0 Å². The monoisotopic (exact) mass is 225 g/mol. The molecule has 1 rings (SSSR count). The number of alkyl halides is 3. The fourth-order valence-electron chi connectivity index (χ4n) is 1.06. The van der Waals surface area contributed by atoms with Crippen molar-refractivity contribution < 1.29 is 13.2 Å². The van der Waals surface area contributed by atoms with Gasteiger partial charge < -0.3 is 4.57 Å². The maximum atomic E-state index is 12.3. The van der Waals surface area contributed by atoms with Gasteiger partial charge in [0.15, 0.2) is 0 Å². The summed E-state index contributed by atoms with van der Waals surface area (Å²) in [6, 6.07) is 0. The second kappa shape index (κ2) is 3.80. The first-order valence-corrected chi connectivity index (χ1v) is 4.54. The van der Waals surface area contributed by atoms with Crippen molar-refractivity contribution >= 4 is 12.6 Å². The number of nitrogens with zero attached hydrogens (tertiary/aromatic N) is 3. The summed E-state index contributed by atoms with van der Waals surface area (Å²) in [5, 5.41) is 6.25. The molecule has 0 spiro atoms. The SMILES string of the molecule is CCC(S)c1nnc(C(F)(F)F)n1C. The van der Waals surface area contributed by atoms with E-state index in [1.807, 2.05) is 6.92 Å². The summed E-state index contributed by atoms with van der Waals surface area (Å²) in [4.78, 5) is 0. The Morgan fingerprint density at radius 3 is 2.36 bits per heavy atom. The zero-order chi connectivity index (χ0) is 10.9. The largest absolute Gasteiger partial charge is 0.451 e. The number of hydrogen-bond acceptors (Lipinski definition) is 3. The van der Waals surface area contributed by atoms with Crippen molar-refractivity contribution in [3.05, 3.63) is 11.6 Å². The average molecular weight is 225 g/mol. The molecule has 80 valence electrons. The molecule has 1 heterocycles. The third-order valence-electron chi connectivity index (χ3n) is 1.85. The lowest BCUT2D eigenvalue weighted by atomic mass is 10.3. The quantitative estimate of drug-likeness (QED) is 0.782. The number of thiol groups is 1. The highest BCUT2D eigenvalue weighted by atomic mass is 32.1. The van der Waals surface area contributed by atoms with E-state index >= 15 is 0 Å². The van der Waals surface area contributed by atoms with Crippen LogP contribution in [0.2, 0.25) is 0 Å². The standard InChI is InChI=1S/C7H10F3N3S/c1-3-4(14)5-11-12-6(13(5)2)7(8,9)10/h4,14H,3H2,1-2H3. The number of halogens is 3. The van der Waals surface area contributed by atoms with Crippen LogP contribution in [0.3, 0.4) is 0 Å². The van der Waals surface area contributed by atoms with E-state index in [2.05, 4.69) is 22.8 Å². The van der Waals surface area contributed by atoms with Gasteiger partial charge in [0.25, 0.3) is 0 Å². The van der Waals surface area contributed by atoms with Crippen LogP contribution in [0.4, 0.5) is 13.2 Å². The van der Waals surface area contributed by atoms with Crippen molar-refractivity contribution in [2.75, 3.05) is 0 Å². The molecular weight excluding hydrogens is 215 g/mol. The highest BCUT2D eigenvalue weighted by Crippen LogP contribution is 2.30. The Balaban J connectivity index is 3.09. The first-order chi connectivity index (χ1) is 6.38. The van der Waals surface area contributed by atoms with Gasteiger partial charge >= 0.3 is 6.18 Å². The molecule has 1 aromatic rings. The van der Waals surface area contributed by atoms with Crippen molar-refractivity contribution in [3.8, 4) is 0 Å². The molecular formula is C7H10F3N3S. The number of aromatic nitrogens is 3. The van der Waals surface area contributed by atoms with Gasteiger partial charge in [0.2, 0.25) is 5.82 Å². The van der Waals surface area contributed by atoms with Gasteiger partial charge in [0.1, 0.15) is 5.82 Å². The maximum absolute atomic E-state index is 12.3. The van der Waals surface area contributed by atoms with Crippen molar-refractivity contribution in [2.24, 2.45) is 7.05 Å². The van der Waals surface area contributed by atoms with Crippen LogP contribution in [-0.4, -0.2) is 14.8 Å². The maximum Gasteiger partial charge on any atom is 0.451 e. The van der Waals surface area contributed by atoms with Gasteiger partial charge in [-0.3, -0.25) is 0 Å². The number of rotatable bonds is 2. The summed E-state index contributed by atoms with van der Waals surface area (Å²) in [5.74, 6) is -0.747. The third kappa shape index (κ3) is 2.02. The molecule has 0 aliphatic rings. The van der Waals surface area contributed by atoms with E-state index in [1.54, 1.807) is 0 Å². The Hall–Kier alpha value is -0.720. The summed E-state index contributed by atoms with van der Waals surface area (Å²) in [6.45, 7) is 1.82. The Morgan fingerprint density at radius 1 is 1.43 bits per heavy atom. The molecule has 0 bridgehead atoms. The Kier molecular flexibility index (Phi) is 3.08. The molecule has 1 atom stereocenters. The van der Waals surface area contributed by atoms with E-state index in [9.17, 15) is 13.2 Å².